The molecule has 0 spiro atoms. The Morgan fingerprint density at radius 2 is 1.92 bits per heavy atom. The number of imidazole rings is 1. The maximum atomic E-state index is 6.43. The number of hydrogen-bond donors (Lipinski definition) is 0. The maximum Gasteiger partial charge on any atom is 0.110 e. The van der Waals surface area contributed by atoms with Crippen LogP contribution < -0.4 is 0 Å². The number of nitrogens with zero attached hydrogens (tertiary/aromatic N) is 2. The molecule has 126 valence electrons. The van der Waals surface area contributed by atoms with Crippen LogP contribution in [0.25, 0.3) is 11.0 Å². The van der Waals surface area contributed by atoms with Crippen molar-refractivity contribution in [2.24, 2.45) is 0 Å². The lowest BCUT2D eigenvalue weighted by molar-refractivity contribution is 0.688. The third kappa shape index (κ3) is 3.45. The van der Waals surface area contributed by atoms with Crippen molar-refractivity contribution in [1.82, 2.24) is 9.55 Å². The second-order valence-electron chi connectivity index (χ2n) is 6.14. The molecule has 0 saturated heterocycles. The van der Waals surface area contributed by atoms with Crippen LogP contribution in [0.1, 0.15) is 49.0 Å². The fourth-order valence-electron chi connectivity index (χ4n) is 3.08. The predicted molar refractivity (Wildman–Crippen MR) is 103 cm³/mol. The molecule has 1 heterocycles. The van der Waals surface area contributed by atoms with E-state index in [-0.39, 0.29) is 5.38 Å². The smallest absolute Gasteiger partial charge is 0.110 e. The van der Waals surface area contributed by atoms with Gasteiger partial charge in [0.1, 0.15) is 5.82 Å². The zero-order chi connectivity index (χ0) is 17.1. The summed E-state index contributed by atoms with van der Waals surface area (Å²) in [6.45, 7) is 4.93. The molecule has 0 amide bonds. The lowest BCUT2D eigenvalue weighted by Gasteiger charge is -2.14. The highest BCUT2D eigenvalue weighted by molar-refractivity contribution is 6.31. The molecule has 24 heavy (non-hydrogen) atoms. The highest BCUT2D eigenvalue weighted by atomic mass is 35.5. The fourth-order valence-corrected chi connectivity index (χ4v) is 3.45. The summed E-state index contributed by atoms with van der Waals surface area (Å²) < 4.78 is 2.29. The van der Waals surface area contributed by atoms with Crippen LogP contribution in [0, 0.1) is 0 Å². The Kier molecular flexibility index (Phi) is 5.47. The van der Waals surface area contributed by atoms with Crippen LogP contribution in [0.2, 0.25) is 5.02 Å². The summed E-state index contributed by atoms with van der Waals surface area (Å²) in [4.78, 5) is 4.88. The number of aryl methyl sites for hydroxylation is 1. The summed E-state index contributed by atoms with van der Waals surface area (Å²) in [7, 11) is 0. The van der Waals surface area contributed by atoms with Crippen LogP contribution in [0.15, 0.2) is 42.5 Å². The molecule has 0 aliphatic carbocycles. The highest BCUT2D eigenvalue weighted by Crippen LogP contribution is 2.30. The first-order chi connectivity index (χ1) is 11.6. The van der Waals surface area contributed by atoms with E-state index >= 15 is 0 Å². The van der Waals surface area contributed by atoms with Gasteiger partial charge >= 0.3 is 0 Å². The second-order valence-corrected chi connectivity index (χ2v) is 7.20. The van der Waals surface area contributed by atoms with Crippen molar-refractivity contribution >= 4 is 34.2 Å². The van der Waals surface area contributed by atoms with Crippen molar-refractivity contribution in [1.29, 1.82) is 0 Å². The van der Waals surface area contributed by atoms with E-state index in [4.69, 9.17) is 28.2 Å². The molecule has 4 heteroatoms. The van der Waals surface area contributed by atoms with Crippen molar-refractivity contribution in [3.05, 3.63) is 64.4 Å². The first-order valence-corrected chi connectivity index (χ1v) is 9.28. The third-order valence-corrected chi connectivity index (χ3v) is 4.95. The van der Waals surface area contributed by atoms with Crippen LogP contribution in [-0.4, -0.2) is 9.55 Å². The molecule has 1 aromatic heterocycles. The minimum atomic E-state index is -0.0607. The van der Waals surface area contributed by atoms with Gasteiger partial charge < -0.3 is 4.57 Å². The van der Waals surface area contributed by atoms with E-state index in [1.54, 1.807) is 0 Å². The van der Waals surface area contributed by atoms with E-state index in [2.05, 4.69) is 29.7 Å². The van der Waals surface area contributed by atoms with Crippen LogP contribution in [-0.2, 0) is 13.0 Å². The van der Waals surface area contributed by atoms with Crippen molar-refractivity contribution in [2.45, 2.75) is 45.0 Å². The number of halogens is 2. The van der Waals surface area contributed by atoms with Gasteiger partial charge in [-0.25, -0.2) is 4.98 Å². The van der Waals surface area contributed by atoms with Gasteiger partial charge in [-0.3, -0.25) is 0 Å². The molecule has 1 atom stereocenters. The zero-order valence-corrected chi connectivity index (χ0v) is 15.6. The number of rotatable bonds is 6. The third-order valence-electron chi connectivity index (χ3n) is 4.35. The summed E-state index contributed by atoms with van der Waals surface area (Å²) in [5, 5.41) is 0.728. The van der Waals surface area contributed by atoms with Crippen molar-refractivity contribution < 1.29 is 0 Å². The average molecular weight is 361 g/mol. The molecular formula is C20H22Cl2N2. The Morgan fingerprint density at radius 1 is 1.12 bits per heavy atom. The lowest BCUT2D eigenvalue weighted by Crippen LogP contribution is -2.07. The zero-order valence-electron chi connectivity index (χ0n) is 14.1. The normalized spacial score (nSPS) is 12.7. The van der Waals surface area contributed by atoms with Crippen molar-refractivity contribution in [2.75, 3.05) is 0 Å². The molecule has 0 bridgehead atoms. The Bertz CT molecular complexity index is 837. The van der Waals surface area contributed by atoms with Gasteiger partial charge in [-0.15, -0.1) is 11.6 Å². The minimum Gasteiger partial charge on any atom is -0.323 e. The molecule has 0 aliphatic heterocycles. The van der Waals surface area contributed by atoms with Gasteiger partial charge in [-0.2, -0.15) is 0 Å². The standard InChI is InChI=1S/C20H22Cl2N2/c1-3-4-12-19-23-18-11-7-9-16(14(2)21)20(18)24(19)13-15-8-5-6-10-17(15)22/h5-11,14H,3-4,12-13H2,1-2H3. The lowest BCUT2D eigenvalue weighted by atomic mass is 10.1. The first kappa shape index (κ1) is 17.3. The number of unbranched alkanes of at least 4 members (excludes halogenated alkanes) is 1. The van der Waals surface area contributed by atoms with E-state index < -0.39 is 0 Å². The molecule has 0 fully saturated rings. The Morgan fingerprint density at radius 3 is 2.62 bits per heavy atom. The van der Waals surface area contributed by atoms with Gasteiger partial charge in [0.05, 0.1) is 23.0 Å². The minimum absolute atomic E-state index is 0.0607. The number of hydrogen-bond acceptors (Lipinski definition) is 1. The largest absolute Gasteiger partial charge is 0.323 e. The number of aromatic nitrogens is 2. The van der Waals surface area contributed by atoms with Crippen LogP contribution >= 0.6 is 23.2 Å². The topological polar surface area (TPSA) is 17.8 Å². The van der Waals surface area contributed by atoms with E-state index in [0.717, 1.165) is 58.8 Å². The quantitative estimate of drug-likeness (QED) is 0.466. The SMILES string of the molecule is CCCCc1nc2cccc(C(C)Cl)c2n1Cc1ccccc1Cl. The first-order valence-electron chi connectivity index (χ1n) is 8.47. The molecule has 2 aromatic carbocycles. The number of fused-ring (bicyclic) bond motifs is 1. The van der Waals surface area contributed by atoms with Gasteiger partial charge in [0.15, 0.2) is 0 Å². The Labute approximate surface area is 153 Å². The van der Waals surface area contributed by atoms with Crippen LogP contribution in [0.5, 0.6) is 0 Å². The van der Waals surface area contributed by atoms with Crippen LogP contribution in [0.3, 0.4) is 0 Å². The van der Waals surface area contributed by atoms with E-state index in [0.29, 0.717) is 0 Å². The van der Waals surface area contributed by atoms with Gasteiger partial charge in [0, 0.05) is 11.4 Å². The molecule has 0 aliphatic rings. The summed E-state index contributed by atoms with van der Waals surface area (Å²) in [5.41, 5.74) is 4.37. The van der Waals surface area contributed by atoms with Crippen molar-refractivity contribution in [3.63, 3.8) is 0 Å². The van der Waals surface area contributed by atoms with Crippen molar-refractivity contribution in [3.8, 4) is 0 Å². The summed E-state index contributed by atoms with van der Waals surface area (Å²) >= 11 is 12.8. The molecule has 0 radical (unpaired) electrons. The monoisotopic (exact) mass is 360 g/mol. The number of benzene rings is 2. The average Bonchev–Trinajstić information content (AvgIpc) is 2.92. The molecular weight excluding hydrogens is 339 g/mol. The number of para-hydroxylation sites is 1. The molecule has 2 nitrogen and oxygen atoms in total. The summed E-state index contributed by atoms with van der Waals surface area (Å²) in [6.07, 6.45) is 3.23. The predicted octanol–water partition coefficient (Wildman–Crippen LogP) is 6.38. The Hall–Kier alpha value is -1.51. The van der Waals surface area contributed by atoms with Gasteiger partial charge in [0.25, 0.3) is 0 Å². The highest BCUT2D eigenvalue weighted by Gasteiger charge is 2.17. The van der Waals surface area contributed by atoms with E-state index in [9.17, 15) is 0 Å². The van der Waals surface area contributed by atoms with E-state index in [1.807, 2.05) is 31.2 Å². The Balaban J connectivity index is 2.16. The fraction of sp³-hybridized carbons (Fsp3) is 0.350. The van der Waals surface area contributed by atoms with Gasteiger partial charge in [0.2, 0.25) is 0 Å². The van der Waals surface area contributed by atoms with E-state index in [1.165, 1.54) is 0 Å². The number of alkyl halides is 1. The molecule has 0 saturated carbocycles. The van der Waals surface area contributed by atoms with Gasteiger partial charge in [-0.1, -0.05) is 55.3 Å². The second kappa shape index (κ2) is 7.58. The van der Waals surface area contributed by atoms with Gasteiger partial charge in [-0.05, 0) is 36.6 Å². The molecule has 3 rings (SSSR count). The maximum absolute atomic E-state index is 6.43. The molecule has 0 N–H and O–H groups in total. The summed E-state index contributed by atoms with van der Waals surface area (Å²) in [5.74, 6) is 1.11. The molecule has 1 unspecified atom stereocenters. The molecule has 3 aromatic rings. The van der Waals surface area contributed by atoms with Crippen LogP contribution in [0.4, 0.5) is 0 Å². The summed E-state index contributed by atoms with van der Waals surface area (Å²) in [6, 6.07) is 14.2.